The Kier molecular flexibility index (Phi) is 14.7. The highest BCUT2D eigenvalue weighted by Crippen LogP contribution is 2.35. The largest absolute Gasteiger partial charge is 0.443 e. The SMILES string of the molecule is CC(=O)N[C@@H](CCCCN)C(=O)N(C(=O)OC(C)(C)C)c1cccc(-c2csc(SN(C(C)=O)C3CCN(Cc4ccc(Cl)c(Cl)c4)CC3)n2)c1. The van der Waals surface area contributed by atoms with Crippen LogP contribution in [0.25, 0.3) is 11.3 Å². The molecule has 15 heteroatoms. The number of halogens is 2. The Balaban J connectivity index is 1.50. The van der Waals surface area contributed by atoms with E-state index < -0.39 is 23.6 Å². The minimum absolute atomic E-state index is 0.0445. The van der Waals surface area contributed by atoms with E-state index >= 15 is 0 Å². The number of carbonyl (C=O) groups excluding carboxylic acids is 4. The quantitative estimate of drug-likeness (QED) is 0.133. The minimum atomic E-state index is -0.951. The fraction of sp³-hybridized carbons (Fsp3) is 0.472. The number of imide groups is 1. The van der Waals surface area contributed by atoms with Crippen molar-refractivity contribution in [1.29, 1.82) is 0 Å². The summed E-state index contributed by atoms with van der Waals surface area (Å²) in [5, 5.41) is 5.64. The average Bonchev–Trinajstić information content (AvgIpc) is 3.53. The normalized spacial score (nSPS) is 14.5. The number of nitrogens with two attached hydrogens (primary N) is 1. The van der Waals surface area contributed by atoms with Crippen molar-refractivity contribution in [2.45, 2.75) is 95.3 Å². The molecular weight excluding hydrogens is 731 g/mol. The topological polar surface area (TPSA) is 138 Å². The van der Waals surface area contributed by atoms with Crippen LogP contribution in [-0.4, -0.2) is 75.3 Å². The van der Waals surface area contributed by atoms with Crippen LogP contribution in [0, 0.1) is 0 Å². The first-order valence-corrected chi connectivity index (χ1v) is 19.3. The van der Waals surface area contributed by atoms with Gasteiger partial charge in [-0.1, -0.05) is 41.4 Å². The summed E-state index contributed by atoms with van der Waals surface area (Å²) in [5.74, 6) is -1.04. The number of hydrogen-bond donors (Lipinski definition) is 2. The molecule has 1 aromatic heterocycles. The Hall–Kier alpha value is -3.20. The summed E-state index contributed by atoms with van der Waals surface area (Å²) in [4.78, 5) is 60.5. The highest BCUT2D eigenvalue weighted by molar-refractivity contribution is 7.99. The molecule has 11 nitrogen and oxygen atoms in total. The maximum atomic E-state index is 13.9. The van der Waals surface area contributed by atoms with Gasteiger partial charge >= 0.3 is 6.09 Å². The lowest BCUT2D eigenvalue weighted by Gasteiger charge is -2.37. The first kappa shape index (κ1) is 40.6. The number of hydrogen-bond acceptors (Lipinski definition) is 10. The van der Waals surface area contributed by atoms with Gasteiger partial charge in [0.25, 0.3) is 5.91 Å². The molecule has 3 N–H and O–H groups in total. The van der Waals surface area contributed by atoms with E-state index in [2.05, 4.69) is 10.2 Å². The molecule has 276 valence electrons. The first-order chi connectivity index (χ1) is 24.1. The van der Waals surface area contributed by atoms with Crippen LogP contribution in [-0.2, 0) is 25.7 Å². The van der Waals surface area contributed by atoms with Crippen molar-refractivity contribution in [3.8, 4) is 11.3 Å². The van der Waals surface area contributed by atoms with Crippen molar-refractivity contribution in [2.75, 3.05) is 24.5 Å². The number of nitrogens with one attached hydrogen (secondary N) is 1. The third-order valence-electron chi connectivity index (χ3n) is 8.07. The van der Waals surface area contributed by atoms with E-state index in [1.807, 2.05) is 34.0 Å². The molecule has 51 heavy (non-hydrogen) atoms. The van der Waals surface area contributed by atoms with Crippen LogP contribution in [0.3, 0.4) is 0 Å². The van der Waals surface area contributed by atoms with E-state index in [4.69, 9.17) is 38.7 Å². The summed E-state index contributed by atoms with van der Waals surface area (Å²) < 4.78 is 8.14. The monoisotopic (exact) mass is 776 g/mol. The lowest BCUT2D eigenvalue weighted by Crippen LogP contribution is -2.51. The molecule has 1 atom stereocenters. The second-order valence-corrected chi connectivity index (χ2v) is 16.3. The second kappa shape index (κ2) is 18.5. The van der Waals surface area contributed by atoms with Crippen LogP contribution in [0.4, 0.5) is 10.5 Å². The van der Waals surface area contributed by atoms with Gasteiger partial charge in [-0.05, 0) is 89.2 Å². The Bertz CT molecular complexity index is 1690. The van der Waals surface area contributed by atoms with E-state index in [0.29, 0.717) is 51.4 Å². The van der Waals surface area contributed by atoms with Gasteiger partial charge in [-0.2, -0.15) is 0 Å². The number of ether oxygens (including phenoxy) is 1. The van der Waals surface area contributed by atoms with Crippen molar-refractivity contribution >= 4 is 76.0 Å². The zero-order chi connectivity index (χ0) is 37.3. The van der Waals surface area contributed by atoms with Gasteiger partial charge in [0.1, 0.15) is 11.6 Å². The number of thiazole rings is 1. The maximum Gasteiger partial charge on any atom is 0.421 e. The van der Waals surface area contributed by atoms with Crippen LogP contribution < -0.4 is 16.0 Å². The fourth-order valence-corrected chi connectivity index (χ4v) is 7.93. The lowest BCUT2D eigenvalue weighted by atomic mass is 10.0. The summed E-state index contributed by atoms with van der Waals surface area (Å²) in [7, 11) is 0. The zero-order valence-electron chi connectivity index (χ0n) is 29.6. The molecular formula is C36H46Cl2N6O5S2. The van der Waals surface area contributed by atoms with Gasteiger partial charge in [-0.25, -0.2) is 14.7 Å². The number of anilines is 1. The zero-order valence-corrected chi connectivity index (χ0v) is 32.8. The van der Waals surface area contributed by atoms with Crippen molar-refractivity contribution < 1.29 is 23.9 Å². The highest BCUT2D eigenvalue weighted by Gasteiger charge is 2.34. The molecule has 2 aromatic carbocycles. The Labute approximate surface area is 318 Å². The van der Waals surface area contributed by atoms with Crippen LogP contribution >= 0.6 is 46.5 Å². The number of aromatic nitrogens is 1. The summed E-state index contributed by atoms with van der Waals surface area (Å²) >= 11 is 15.0. The number of likely N-dealkylation sites (tertiary alicyclic amines) is 1. The van der Waals surface area contributed by atoms with Crippen molar-refractivity contribution in [3.63, 3.8) is 0 Å². The van der Waals surface area contributed by atoms with E-state index in [1.54, 1.807) is 45.9 Å². The molecule has 0 spiro atoms. The molecule has 3 aromatic rings. The molecule has 0 unspecified atom stereocenters. The van der Waals surface area contributed by atoms with Crippen molar-refractivity contribution in [1.82, 2.24) is 19.5 Å². The number of nitrogens with zero attached hydrogens (tertiary/aromatic N) is 4. The molecule has 1 fully saturated rings. The molecule has 4 rings (SSSR count). The summed E-state index contributed by atoms with van der Waals surface area (Å²) in [6.45, 7) is 10.9. The van der Waals surface area contributed by atoms with Gasteiger partial charge in [-0.15, -0.1) is 11.3 Å². The molecule has 4 amide bonds. The van der Waals surface area contributed by atoms with E-state index in [9.17, 15) is 19.2 Å². The third kappa shape index (κ3) is 11.9. The van der Waals surface area contributed by atoms with Crippen molar-refractivity contribution in [2.24, 2.45) is 5.73 Å². The van der Waals surface area contributed by atoms with Gasteiger partial charge in [-0.3, -0.25) is 23.6 Å². The number of piperidine rings is 1. The van der Waals surface area contributed by atoms with Crippen LogP contribution in [0.2, 0.25) is 10.0 Å². The predicted molar refractivity (Wildman–Crippen MR) is 205 cm³/mol. The third-order valence-corrected chi connectivity index (χ3v) is 11.0. The molecule has 2 heterocycles. The van der Waals surface area contributed by atoms with E-state index in [0.717, 1.165) is 42.9 Å². The number of unbranched alkanes of at least 4 members (excludes halogenated alkanes) is 1. The summed E-state index contributed by atoms with van der Waals surface area (Å²) in [5.41, 5.74) is 7.45. The van der Waals surface area contributed by atoms with Gasteiger partial charge in [0, 0.05) is 62.4 Å². The van der Waals surface area contributed by atoms with Crippen molar-refractivity contribution in [3.05, 3.63) is 63.5 Å². The molecule has 0 radical (unpaired) electrons. The summed E-state index contributed by atoms with van der Waals surface area (Å²) in [6.07, 6.45) is 2.33. The van der Waals surface area contributed by atoms with Gasteiger partial charge in [0.2, 0.25) is 11.8 Å². The summed E-state index contributed by atoms with van der Waals surface area (Å²) in [6, 6.07) is 11.7. The number of carbonyl (C=O) groups is 4. The Morgan fingerprint density at radius 3 is 2.43 bits per heavy atom. The molecule has 0 aliphatic carbocycles. The second-order valence-electron chi connectivity index (χ2n) is 13.4. The average molecular weight is 778 g/mol. The molecule has 1 saturated heterocycles. The predicted octanol–water partition coefficient (Wildman–Crippen LogP) is 7.54. The van der Waals surface area contributed by atoms with Gasteiger partial charge in [0.15, 0.2) is 4.34 Å². The molecule has 1 aliphatic rings. The Morgan fingerprint density at radius 2 is 1.80 bits per heavy atom. The maximum absolute atomic E-state index is 13.9. The fourth-order valence-electron chi connectivity index (χ4n) is 5.71. The standard InChI is InChI=1S/C36H46Cl2N6O5S2/c1-23(45)40-31(11-6-7-16-39)33(47)43(35(48)49-36(3,4)5)28-10-8-9-26(20-28)32-22-50-34(41-32)51-44(24(2)46)27-14-17-42(18-15-27)21-25-12-13-29(37)30(38)19-25/h8-10,12-13,19-20,22,27,31H,6-7,11,14-18,21,39H2,1-5H3,(H,40,45)/t31-/m0/s1. The van der Waals surface area contributed by atoms with Crippen LogP contribution in [0.5, 0.6) is 0 Å². The molecule has 0 bridgehead atoms. The van der Waals surface area contributed by atoms with Crippen LogP contribution in [0.1, 0.15) is 72.3 Å². The van der Waals surface area contributed by atoms with Gasteiger partial charge < -0.3 is 15.8 Å². The molecule has 0 saturated carbocycles. The first-order valence-electron chi connectivity index (χ1n) is 16.9. The van der Waals surface area contributed by atoms with Crippen LogP contribution in [0.15, 0.2) is 52.2 Å². The minimum Gasteiger partial charge on any atom is -0.443 e. The number of benzene rings is 2. The Morgan fingerprint density at radius 1 is 1.08 bits per heavy atom. The number of rotatable bonds is 13. The number of amides is 4. The van der Waals surface area contributed by atoms with E-state index in [1.165, 1.54) is 30.2 Å². The smallest absolute Gasteiger partial charge is 0.421 e. The highest BCUT2D eigenvalue weighted by atomic mass is 35.5. The molecule has 1 aliphatic heterocycles. The van der Waals surface area contributed by atoms with E-state index in [-0.39, 0.29) is 23.5 Å². The van der Waals surface area contributed by atoms with Gasteiger partial charge in [0.05, 0.1) is 21.4 Å². The lowest BCUT2D eigenvalue weighted by molar-refractivity contribution is -0.126.